The highest BCUT2D eigenvalue weighted by atomic mass is 16.5. The second kappa shape index (κ2) is 10.7. The molecule has 0 saturated heterocycles. The van der Waals surface area contributed by atoms with Crippen LogP contribution in [0.15, 0.2) is 24.3 Å². The Bertz CT molecular complexity index is 890. The van der Waals surface area contributed by atoms with E-state index in [-0.39, 0.29) is 5.92 Å². The normalized spacial score (nSPS) is 13.0. The van der Waals surface area contributed by atoms with Crippen LogP contribution in [0.1, 0.15) is 50.5 Å². The predicted molar refractivity (Wildman–Crippen MR) is 114 cm³/mol. The topological polar surface area (TPSA) is 110 Å². The van der Waals surface area contributed by atoms with Crippen molar-refractivity contribution in [3.8, 4) is 5.75 Å². The molecule has 0 aliphatic rings. The highest BCUT2D eigenvalue weighted by Gasteiger charge is 2.28. The number of rotatable bonds is 10. The van der Waals surface area contributed by atoms with E-state index in [0.29, 0.717) is 30.7 Å². The SMILES string of the molecule is CCCC(NC(=O)[C@H](CC(C)C)NC(=O)c1cc2c(OC)cccc2[nH]1)C(=O)OC. The zero-order chi connectivity index (χ0) is 22.3. The Hall–Kier alpha value is -3.03. The van der Waals surface area contributed by atoms with E-state index in [4.69, 9.17) is 9.47 Å². The fourth-order valence-corrected chi connectivity index (χ4v) is 3.32. The number of esters is 1. The van der Waals surface area contributed by atoms with Crippen LogP contribution in [-0.4, -0.2) is 49.1 Å². The predicted octanol–water partition coefficient (Wildman–Crippen LogP) is 2.78. The van der Waals surface area contributed by atoms with Gasteiger partial charge < -0.3 is 25.1 Å². The van der Waals surface area contributed by atoms with Gasteiger partial charge in [-0.2, -0.15) is 0 Å². The average molecular weight is 418 g/mol. The van der Waals surface area contributed by atoms with E-state index in [2.05, 4.69) is 15.6 Å². The smallest absolute Gasteiger partial charge is 0.328 e. The van der Waals surface area contributed by atoms with Crippen molar-refractivity contribution in [2.24, 2.45) is 5.92 Å². The molecule has 8 nitrogen and oxygen atoms in total. The number of methoxy groups -OCH3 is 2. The maximum Gasteiger partial charge on any atom is 0.328 e. The van der Waals surface area contributed by atoms with Gasteiger partial charge >= 0.3 is 5.97 Å². The van der Waals surface area contributed by atoms with Gasteiger partial charge in [0.1, 0.15) is 23.5 Å². The number of carbonyl (C=O) groups is 3. The Morgan fingerprint density at radius 3 is 2.43 bits per heavy atom. The number of benzene rings is 1. The van der Waals surface area contributed by atoms with Gasteiger partial charge in [-0.15, -0.1) is 0 Å². The quantitative estimate of drug-likeness (QED) is 0.515. The van der Waals surface area contributed by atoms with Crippen LogP contribution in [0, 0.1) is 5.92 Å². The lowest BCUT2D eigenvalue weighted by Gasteiger charge is -2.23. The molecule has 0 spiro atoms. The second-order valence-electron chi connectivity index (χ2n) is 7.63. The van der Waals surface area contributed by atoms with Crippen LogP contribution in [0.2, 0.25) is 0 Å². The highest BCUT2D eigenvalue weighted by molar-refractivity contribution is 6.01. The molecule has 0 radical (unpaired) electrons. The fourth-order valence-electron chi connectivity index (χ4n) is 3.32. The number of ether oxygens (including phenoxy) is 2. The van der Waals surface area contributed by atoms with Crippen LogP contribution in [-0.2, 0) is 14.3 Å². The fraction of sp³-hybridized carbons (Fsp3) is 0.500. The van der Waals surface area contributed by atoms with E-state index < -0.39 is 29.9 Å². The van der Waals surface area contributed by atoms with Crippen molar-refractivity contribution >= 4 is 28.7 Å². The summed E-state index contributed by atoms with van der Waals surface area (Å²) >= 11 is 0. The van der Waals surface area contributed by atoms with Crippen molar-refractivity contribution in [2.75, 3.05) is 14.2 Å². The number of amides is 2. The third-order valence-corrected chi connectivity index (χ3v) is 4.80. The molecule has 2 rings (SSSR count). The van der Waals surface area contributed by atoms with E-state index in [1.54, 1.807) is 13.2 Å². The monoisotopic (exact) mass is 417 g/mol. The first-order valence-corrected chi connectivity index (χ1v) is 10.1. The van der Waals surface area contributed by atoms with E-state index in [9.17, 15) is 14.4 Å². The molecule has 0 saturated carbocycles. The molecular weight excluding hydrogens is 386 g/mol. The minimum absolute atomic E-state index is 0.159. The van der Waals surface area contributed by atoms with Gasteiger partial charge in [0.15, 0.2) is 0 Å². The first kappa shape index (κ1) is 23.3. The number of aromatic nitrogens is 1. The standard InChI is InChI=1S/C22H31N3O5/c1-6-8-16(22(28)30-5)24-20(26)17(11-13(2)3)25-21(27)18-12-14-15(23-18)9-7-10-19(14)29-4/h7,9-10,12-13,16-17,23H,6,8,11H2,1-5H3,(H,24,26)(H,25,27)/t16?,17-/m0/s1. The summed E-state index contributed by atoms with van der Waals surface area (Å²) in [4.78, 5) is 40.7. The van der Waals surface area contributed by atoms with Gasteiger partial charge in [-0.05, 0) is 37.0 Å². The molecule has 8 heteroatoms. The zero-order valence-electron chi connectivity index (χ0n) is 18.2. The van der Waals surface area contributed by atoms with Crippen LogP contribution in [0.5, 0.6) is 5.75 Å². The Morgan fingerprint density at radius 2 is 1.83 bits per heavy atom. The first-order valence-electron chi connectivity index (χ1n) is 10.1. The summed E-state index contributed by atoms with van der Waals surface area (Å²) in [5.41, 5.74) is 1.09. The summed E-state index contributed by atoms with van der Waals surface area (Å²) in [7, 11) is 2.85. The van der Waals surface area contributed by atoms with Crippen molar-refractivity contribution in [3.05, 3.63) is 30.0 Å². The van der Waals surface area contributed by atoms with Gasteiger partial charge in [-0.25, -0.2) is 4.79 Å². The largest absolute Gasteiger partial charge is 0.496 e. The number of hydrogen-bond acceptors (Lipinski definition) is 5. The molecule has 0 aliphatic heterocycles. The van der Waals surface area contributed by atoms with Gasteiger partial charge in [-0.3, -0.25) is 9.59 Å². The summed E-state index contributed by atoms with van der Waals surface area (Å²) in [5, 5.41) is 6.29. The molecular formula is C22H31N3O5. The molecule has 1 unspecified atom stereocenters. The Kier molecular flexibility index (Phi) is 8.26. The lowest BCUT2D eigenvalue weighted by molar-refractivity contribution is -0.145. The Balaban J connectivity index is 2.19. The Morgan fingerprint density at radius 1 is 1.10 bits per heavy atom. The molecule has 164 valence electrons. The van der Waals surface area contributed by atoms with Crippen LogP contribution in [0.3, 0.4) is 0 Å². The highest BCUT2D eigenvalue weighted by Crippen LogP contribution is 2.26. The van der Waals surface area contributed by atoms with Crippen LogP contribution < -0.4 is 15.4 Å². The van der Waals surface area contributed by atoms with Gasteiger partial charge in [0.25, 0.3) is 5.91 Å². The third-order valence-electron chi connectivity index (χ3n) is 4.80. The summed E-state index contributed by atoms with van der Waals surface area (Å²) in [5.74, 6) is -0.498. The van der Waals surface area contributed by atoms with Crippen molar-refractivity contribution < 1.29 is 23.9 Å². The maximum absolute atomic E-state index is 12.9. The van der Waals surface area contributed by atoms with Gasteiger partial charge in [-0.1, -0.05) is 33.3 Å². The zero-order valence-corrected chi connectivity index (χ0v) is 18.2. The molecule has 1 aromatic carbocycles. The number of nitrogens with one attached hydrogen (secondary N) is 3. The molecule has 2 amide bonds. The number of aromatic amines is 1. The van der Waals surface area contributed by atoms with Crippen molar-refractivity contribution in [1.29, 1.82) is 0 Å². The van der Waals surface area contributed by atoms with E-state index in [1.807, 2.05) is 39.0 Å². The molecule has 30 heavy (non-hydrogen) atoms. The molecule has 3 N–H and O–H groups in total. The van der Waals surface area contributed by atoms with Gasteiger partial charge in [0.2, 0.25) is 5.91 Å². The van der Waals surface area contributed by atoms with Gasteiger partial charge in [0.05, 0.1) is 14.2 Å². The molecule has 1 aromatic heterocycles. The minimum atomic E-state index is -0.783. The molecule has 0 bridgehead atoms. The minimum Gasteiger partial charge on any atom is -0.496 e. The molecule has 1 heterocycles. The Labute approximate surface area is 176 Å². The summed E-state index contributed by atoms with van der Waals surface area (Å²) in [6, 6.07) is 5.66. The summed E-state index contributed by atoms with van der Waals surface area (Å²) in [6.45, 7) is 5.84. The average Bonchev–Trinajstić information content (AvgIpc) is 3.16. The van der Waals surface area contributed by atoms with Crippen molar-refractivity contribution in [3.63, 3.8) is 0 Å². The van der Waals surface area contributed by atoms with Gasteiger partial charge in [0, 0.05) is 10.9 Å². The maximum atomic E-state index is 12.9. The van der Waals surface area contributed by atoms with Crippen molar-refractivity contribution in [2.45, 2.75) is 52.1 Å². The van der Waals surface area contributed by atoms with Crippen LogP contribution in [0.4, 0.5) is 0 Å². The summed E-state index contributed by atoms with van der Waals surface area (Å²) < 4.78 is 10.1. The lowest BCUT2D eigenvalue weighted by Crippen LogP contribution is -2.52. The number of carbonyl (C=O) groups excluding carboxylic acids is 3. The molecule has 2 aromatic rings. The number of hydrogen-bond donors (Lipinski definition) is 3. The second-order valence-corrected chi connectivity index (χ2v) is 7.63. The molecule has 0 aliphatic carbocycles. The number of H-pyrrole nitrogens is 1. The van der Waals surface area contributed by atoms with E-state index >= 15 is 0 Å². The molecule has 0 fully saturated rings. The third kappa shape index (κ3) is 5.75. The van der Waals surface area contributed by atoms with Crippen LogP contribution in [0.25, 0.3) is 10.9 Å². The van der Waals surface area contributed by atoms with E-state index in [1.165, 1.54) is 7.11 Å². The first-order chi connectivity index (χ1) is 14.3. The van der Waals surface area contributed by atoms with Crippen molar-refractivity contribution in [1.82, 2.24) is 15.6 Å². The lowest BCUT2D eigenvalue weighted by atomic mass is 10.0. The number of fused-ring (bicyclic) bond motifs is 1. The molecule has 2 atom stereocenters. The summed E-state index contributed by atoms with van der Waals surface area (Å²) in [6.07, 6.45) is 1.60. The van der Waals surface area contributed by atoms with Crippen LogP contribution >= 0.6 is 0 Å². The van der Waals surface area contributed by atoms with E-state index in [0.717, 1.165) is 10.9 Å².